The maximum atomic E-state index is 12.0. The summed E-state index contributed by atoms with van der Waals surface area (Å²) >= 11 is 0. The molecule has 132 valence electrons. The van der Waals surface area contributed by atoms with Crippen LogP contribution in [0.1, 0.15) is 24.2 Å². The van der Waals surface area contributed by atoms with E-state index in [0.717, 1.165) is 24.5 Å². The predicted molar refractivity (Wildman–Crippen MR) is 97.3 cm³/mol. The summed E-state index contributed by atoms with van der Waals surface area (Å²) in [7, 11) is 0. The summed E-state index contributed by atoms with van der Waals surface area (Å²) in [5.74, 6) is 1.31. The average molecular weight is 349 g/mol. The highest BCUT2D eigenvalue weighted by Crippen LogP contribution is 2.17. The molecule has 3 aromatic heterocycles. The van der Waals surface area contributed by atoms with Crippen molar-refractivity contribution in [2.45, 2.75) is 19.4 Å². The van der Waals surface area contributed by atoms with Gasteiger partial charge in [0, 0.05) is 31.6 Å². The third-order valence-corrected chi connectivity index (χ3v) is 4.28. The van der Waals surface area contributed by atoms with Crippen LogP contribution >= 0.6 is 0 Å². The fourth-order valence-electron chi connectivity index (χ4n) is 2.92. The van der Waals surface area contributed by atoms with Crippen molar-refractivity contribution >= 4 is 23.4 Å². The lowest BCUT2D eigenvalue weighted by Gasteiger charge is -2.15. The molecule has 0 aliphatic carbocycles. The van der Waals surface area contributed by atoms with Crippen LogP contribution in [0.25, 0.3) is 11.7 Å². The van der Waals surface area contributed by atoms with Gasteiger partial charge in [-0.1, -0.05) is 6.07 Å². The summed E-state index contributed by atoms with van der Waals surface area (Å²) in [6.07, 6.45) is 8.95. The maximum Gasteiger partial charge on any atom is 0.244 e. The topological polar surface area (TPSA) is 88.3 Å². The van der Waals surface area contributed by atoms with E-state index in [1.54, 1.807) is 23.0 Å². The van der Waals surface area contributed by atoms with Gasteiger partial charge in [0.1, 0.15) is 5.82 Å². The Labute approximate surface area is 150 Å². The normalized spacial score (nSPS) is 14.4. The van der Waals surface area contributed by atoms with Gasteiger partial charge in [0.15, 0.2) is 11.5 Å². The fraction of sp³-hybridized carbons (Fsp3) is 0.278. The van der Waals surface area contributed by atoms with Crippen molar-refractivity contribution in [3.05, 3.63) is 54.1 Å². The molecule has 1 N–H and O–H groups in total. The fourth-order valence-corrected chi connectivity index (χ4v) is 2.92. The molecule has 0 spiro atoms. The number of carbonyl (C=O) groups excluding carboxylic acids is 1. The standard InChI is InChI=1S/C18H19N7O/c26-18(8-5-14-4-3-9-19-12-14)20-13-17-22-21-15-6-7-16(23-25(15)17)24-10-1-2-11-24/h3-9,12H,1-2,10-11,13H2,(H,20,26)/b8-5-. The van der Waals surface area contributed by atoms with Crippen LogP contribution in [0.2, 0.25) is 0 Å². The molecular weight excluding hydrogens is 330 g/mol. The molecule has 3 aromatic rings. The largest absolute Gasteiger partial charge is 0.355 e. The van der Waals surface area contributed by atoms with Crippen LogP contribution in [0.5, 0.6) is 0 Å². The van der Waals surface area contributed by atoms with Crippen LogP contribution in [-0.2, 0) is 11.3 Å². The highest BCUT2D eigenvalue weighted by atomic mass is 16.1. The molecule has 0 bridgehead atoms. The quantitative estimate of drug-likeness (QED) is 0.702. The highest BCUT2D eigenvalue weighted by Gasteiger charge is 2.15. The molecule has 1 amide bonds. The van der Waals surface area contributed by atoms with Gasteiger partial charge >= 0.3 is 0 Å². The van der Waals surface area contributed by atoms with Crippen LogP contribution in [0.15, 0.2) is 42.7 Å². The van der Waals surface area contributed by atoms with E-state index in [1.165, 1.54) is 18.9 Å². The Bertz CT molecular complexity index is 929. The summed E-state index contributed by atoms with van der Waals surface area (Å²) in [5, 5.41) is 15.7. The van der Waals surface area contributed by atoms with Gasteiger partial charge in [-0.05, 0) is 42.7 Å². The van der Waals surface area contributed by atoms with Crippen LogP contribution < -0.4 is 10.2 Å². The van der Waals surface area contributed by atoms with Gasteiger partial charge in [-0.15, -0.1) is 15.3 Å². The first-order chi connectivity index (χ1) is 12.8. The number of pyridine rings is 1. The van der Waals surface area contributed by atoms with E-state index in [4.69, 9.17) is 0 Å². The molecule has 0 radical (unpaired) electrons. The van der Waals surface area contributed by atoms with E-state index < -0.39 is 0 Å². The molecule has 4 heterocycles. The number of rotatable bonds is 5. The molecule has 0 aromatic carbocycles. The van der Waals surface area contributed by atoms with Crippen molar-refractivity contribution < 1.29 is 4.79 Å². The number of hydrogen-bond donors (Lipinski definition) is 1. The monoisotopic (exact) mass is 349 g/mol. The number of hydrogen-bond acceptors (Lipinski definition) is 6. The Morgan fingerprint density at radius 2 is 2.08 bits per heavy atom. The average Bonchev–Trinajstić information content (AvgIpc) is 3.35. The second-order valence-corrected chi connectivity index (χ2v) is 6.11. The lowest BCUT2D eigenvalue weighted by molar-refractivity contribution is -0.116. The van der Waals surface area contributed by atoms with Crippen LogP contribution in [0.3, 0.4) is 0 Å². The molecule has 4 rings (SSSR count). The van der Waals surface area contributed by atoms with Gasteiger partial charge < -0.3 is 10.2 Å². The van der Waals surface area contributed by atoms with Crippen LogP contribution in [0.4, 0.5) is 5.82 Å². The number of nitrogens with one attached hydrogen (secondary N) is 1. The van der Waals surface area contributed by atoms with Gasteiger partial charge in [0.2, 0.25) is 5.91 Å². The molecule has 8 nitrogen and oxygen atoms in total. The van der Waals surface area contributed by atoms with Crippen molar-refractivity contribution in [1.82, 2.24) is 30.1 Å². The van der Waals surface area contributed by atoms with E-state index in [-0.39, 0.29) is 12.5 Å². The zero-order valence-electron chi connectivity index (χ0n) is 14.2. The van der Waals surface area contributed by atoms with Crippen LogP contribution in [0, 0.1) is 0 Å². The van der Waals surface area contributed by atoms with E-state index in [2.05, 4.69) is 30.5 Å². The second-order valence-electron chi connectivity index (χ2n) is 6.11. The molecule has 0 atom stereocenters. The summed E-state index contributed by atoms with van der Waals surface area (Å²) in [5.41, 5.74) is 1.54. The minimum atomic E-state index is -0.207. The molecule has 1 saturated heterocycles. The summed E-state index contributed by atoms with van der Waals surface area (Å²) in [6, 6.07) is 7.58. The van der Waals surface area contributed by atoms with Gasteiger partial charge in [0.05, 0.1) is 6.54 Å². The number of aromatic nitrogens is 5. The molecular formula is C18H19N7O. The molecule has 8 heteroatoms. The molecule has 1 aliphatic rings. The zero-order valence-corrected chi connectivity index (χ0v) is 14.2. The summed E-state index contributed by atoms with van der Waals surface area (Å²) in [4.78, 5) is 18.3. The first-order valence-corrected chi connectivity index (χ1v) is 8.62. The smallest absolute Gasteiger partial charge is 0.244 e. The van der Waals surface area contributed by atoms with Crippen molar-refractivity contribution in [3.63, 3.8) is 0 Å². The number of anilines is 1. The number of amides is 1. The number of nitrogens with zero attached hydrogens (tertiary/aromatic N) is 6. The molecule has 1 fully saturated rings. The van der Waals surface area contributed by atoms with E-state index in [0.29, 0.717) is 11.5 Å². The van der Waals surface area contributed by atoms with Gasteiger partial charge in [-0.2, -0.15) is 4.52 Å². The van der Waals surface area contributed by atoms with Gasteiger partial charge in [0.25, 0.3) is 0 Å². The van der Waals surface area contributed by atoms with E-state index in [9.17, 15) is 4.79 Å². The SMILES string of the molecule is O=C(/C=C\c1cccnc1)NCc1nnc2ccc(N3CCCC3)nn12. The van der Waals surface area contributed by atoms with Crippen molar-refractivity contribution in [3.8, 4) is 0 Å². The highest BCUT2D eigenvalue weighted by molar-refractivity contribution is 5.91. The maximum absolute atomic E-state index is 12.0. The third-order valence-electron chi connectivity index (χ3n) is 4.28. The Hall–Kier alpha value is -3.29. The molecule has 1 aliphatic heterocycles. The Kier molecular flexibility index (Phi) is 4.55. The first-order valence-electron chi connectivity index (χ1n) is 8.62. The van der Waals surface area contributed by atoms with E-state index >= 15 is 0 Å². The van der Waals surface area contributed by atoms with Crippen LogP contribution in [-0.4, -0.2) is 43.8 Å². The Balaban J connectivity index is 1.44. The predicted octanol–water partition coefficient (Wildman–Crippen LogP) is 1.45. The lowest BCUT2D eigenvalue weighted by Crippen LogP contribution is -2.23. The zero-order chi connectivity index (χ0) is 17.8. The summed E-state index contributed by atoms with van der Waals surface area (Å²) in [6.45, 7) is 2.30. The molecule has 0 saturated carbocycles. The lowest BCUT2D eigenvalue weighted by atomic mass is 10.2. The first kappa shape index (κ1) is 16.2. The van der Waals surface area contributed by atoms with E-state index in [1.807, 2.05) is 24.3 Å². The second kappa shape index (κ2) is 7.30. The Morgan fingerprint density at radius 1 is 1.19 bits per heavy atom. The number of fused-ring (bicyclic) bond motifs is 1. The number of carbonyl (C=O) groups is 1. The van der Waals surface area contributed by atoms with Crippen molar-refractivity contribution in [1.29, 1.82) is 0 Å². The Morgan fingerprint density at radius 3 is 2.88 bits per heavy atom. The van der Waals surface area contributed by atoms with Crippen molar-refractivity contribution in [2.24, 2.45) is 0 Å². The molecule has 0 unspecified atom stereocenters. The van der Waals surface area contributed by atoms with Crippen molar-refractivity contribution in [2.75, 3.05) is 18.0 Å². The third kappa shape index (κ3) is 3.53. The van der Waals surface area contributed by atoms with Gasteiger partial charge in [-0.3, -0.25) is 9.78 Å². The summed E-state index contributed by atoms with van der Waals surface area (Å²) < 4.78 is 1.69. The minimum absolute atomic E-state index is 0.207. The minimum Gasteiger partial charge on any atom is -0.355 e. The van der Waals surface area contributed by atoms with Gasteiger partial charge in [-0.25, -0.2) is 0 Å². The molecule has 26 heavy (non-hydrogen) atoms.